The summed E-state index contributed by atoms with van der Waals surface area (Å²) in [6, 6.07) is 9.70. The van der Waals surface area contributed by atoms with E-state index in [1.807, 2.05) is 0 Å². The Morgan fingerprint density at radius 3 is 2.76 bits per heavy atom. The van der Waals surface area contributed by atoms with Crippen molar-refractivity contribution in [1.29, 1.82) is 0 Å². The molecule has 0 aromatic heterocycles. The summed E-state index contributed by atoms with van der Waals surface area (Å²) >= 11 is 5.90. The Morgan fingerprint density at radius 1 is 1.24 bits per heavy atom. The maximum absolute atomic E-state index is 13.7. The number of fused-ring (bicyclic) bond motifs is 1. The summed E-state index contributed by atoms with van der Waals surface area (Å²) in [5.41, 5.74) is 2.47. The zero-order valence-corrected chi connectivity index (χ0v) is 11.9. The van der Waals surface area contributed by atoms with Crippen LogP contribution in [-0.2, 0) is 4.79 Å². The van der Waals surface area contributed by atoms with Gasteiger partial charge in [0.25, 0.3) is 5.91 Å². The Morgan fingerprint density at radius 2 is 2.05 bits per heavy atom. The zero-order chi connectivity index (χ0) is 15.0. The predicted molar refractivity (Wildman–Crippen MR) is 80.9 cm³/mol. The van der Waals surface area contributed by atoms with Crippen molar-refractivity contribution in [2.24, 2.45) is 0 Å². The Labute approximate surface area is 126 Å². The van der Waals surface area contributed by atoms with E-state index in [2.05, 4.69) is 5.32 Å². The van der Waals surface area contributed by atoms with Gasteiger partial charge in [0.2, 0.25) is 0 Å². The zero-order valence-electron chi connectivity index (χ0n) is 11.1. The summed E-state index contributed by atoms with van der Waals surface area (Å²) in [5, 5.41) is 3.28. The van der Waals surface area contributed by atoms with E-state index in [1.165, 1.54) is 19.2 Å². The lowest BCUT2D eigenvalue weighted by molar-refractivity contribution is -0.110. The number of halogens is 2. The first-order valence-electron chi connectivity index (χ1n) is 6.25. The second-order valence-corrected chi connectivity index (χ2v) is 5.03. The number of anilines is 1. The molecule has 0 spiro atoms. The van der Waals surface area contributed by atoms with Crippen LogP contribution in [0.1, 0.15) is 11.1 Å². The molecule has 0 saturated carbocycles. The van der Waals surface area contributed by atoms with Crippen molar-refractivity contribution >= 4 is 34.8 Å². The topological polar surface area (TPSA) is 38.3 Å². The van der Waals surface area contributed by atoms with Crippen LogP contribution in [0.2, 0.25) is 5.02 Å². The highest BCUT2D eigenvalue weighted by atomic mass is 35.5. The molecule has 0 fully saturated rings. The molecule has 2 aromatic rings. The molecule has 1 heterocycles. The number of carbonyl (C=O) groups is 1. The summed E-state index contributed by atoms with van der Waals surface area (Å²) in [5.74, 6) is -0.537. The van der Waals surface area contributed by atoms with Gasteiger partial charge in [0.05, 0.1) is 12.8 Å². The lowest BCUT2D eigenvalue weighted by atomic mass is 10.0. The number of methoxy groups -OCH3 is 1. The standard InChI is InChI=1S/C16H11ClFNO2/c1-21-15-5-2-9(7-13(15)18)6-12-11-4-3-10(17)8-14(11)19-16(12)20/h2-8H,1H3,(H,19,20)/b12-6+. The van der Waals surface area contributed by atoms with Gasteiger partial charge in [0.15, 0.2) is 11.6 Å². The highest BCUT2D eigenvalue weighted by Crippen LogP contribution is 2.35. The van der Waals surface area contributed by atoms with Crippen LogP contribution in [0, 0.1) is 5.82 Å². The maximum atomic E-state index is 13.7. The van der Waals surface area contributed by atoms with Gasteiger partial charge in [-0.3, -0.25) is 4.79 Å². The molecular weight excluding hydrogens is 293 g/mol. The van der Waals surface area contributed by atoms with Gasteiger partial charge < -0.3 is 10.1 Å². The molecule has 5 heteroatoms. The third-order valence-electron chi connectivity index (χ3n) is 3.25. The van der Waals surface area contributed by atoms with Gasteiger partial charge >= 0.3 is 0 Å². The second kappa shape index (κ2) is 5.22. The van der Waals surface area contributed by atoms with Crippen molar-refractivity contribution in [2.75, 3.05) is 12.4 Å². The van der Waals surface area contributed by atoms with Gasteiger partial charge in [0.1, 0.15) is 0 Å². The average molecular weight is 304 g/mol. The van der Waals surface area contributed by atoms with Crippen molar-refractivity contribution < 1.29 is 13.9 Å². The van der Waals surface area contributed by atoms with Crippen LogP contribution in [0.25, 0.3) is 11.6 Å². The molecule has 1 aliphatic rings. The minimum atomic E-state index is -0.471. The molecule has 0 saturated heterocycles. The van der Waals surface area contributed by atoms with E-state index >= 15 is 0 Å². The fourth-order valence-electron chi connectivity index (χ4n) is 2.25. The first kappa shape index (κ1) is 13.6. The van der Waals surface area contributed by atoms with Gasteiger partial charge in [-0.05, 0) is 35.9 Å². The number of benzene rings is 2. The normalized spacial score (nSPS) is 15.0. The minimum Gasteiger partial charge on any atom is -0.494 e. The predicted octanol–water partition coefficient (Wildman–Crippen LogP) is 3.98. The number of ether oxygens (including phenoxy) is 1. The molecule has 106 valence electrons. The van der Waals surface area contributed by atoms with Gasteiger partial charge in [-0.15, -0.1) is 0 Å². The number of nitrogens with one attached hydrogen (secondary N) is 1. The van der Waals surface area contributed by atoms with E-state index < -0.39 is 5.82 Å². The molecule has 3 nitrogen and oxygen atoms in total. The van der Waals surface area contributed by atoms with Crippen molar-refractivity contribution in [2.45, 2.75) is 0 Å². The molecule has 0 radical (unpaired) electrons. The van der Waals surface area contributed by atoms with Crippen LogP contribution in [0.5, 0.6) is 5.75 Å². The van der Waals surface area contributed by atoms with Gasteiger partial charge in [-0.1, -0.05) is 23.7 Å². The highest BCUT2D eigenvalue weighted by Gasteiger charge is 2.24. The fourth-order valence-corrected chi connectivity index (χ4v) is 2.42. The largest absolute Gasteiger partial charge is 0.494 e. The van der Waals surface area contributed by atoms with E-state index in [0.29, 0.717) is 21.8 Å². The first-order chi connectivity index (χ1) is 10.1. The minimum absolute atomic E-state index is 0.167. The van der Waals surface area contributed by atoms with Gasteiger partial charge in [0, 0.05) is 16.2 Å². The number of hydrogen-bond donors (Lipinski definition) is 1. The Balaban J connectivity index is 2.04. The van der Waals surface area contributed by atoms with E-state index in [0.717, 1.165) is 5.56 Å². The van der Waals surface area contributed by atoms with Crippen molar-refractivity contribution in [1.82, 2.24) is 0 Å². The van der Waals surface area contributed by atoms with Crippen LogP contribution in [0.3, 0.4) is 0 Å². The summed E-state index contributed by atoms with van der Waals surface area (Å²) < 4.78 is 18.6. The van der Waals surface area contributed by atoms with Crippen LogP contribution < -0.4 is 10.1 Å². The monoisotopic (exact) mass is 303 g/mol. The van der Waals surface area contributed by atoms with Crippen LogP contribution >= 0.6 is 11.6 Å². The number of rotatable bonds is 2. The maximum Gasteiger partial charge on any atom is 0.256 e. The highest BCUT2D eigenvalue weighted by molar-refractivity contribution is 6.36. The molecule has 0 atom stereocenters. The molecular formula is C16H11ClFNO2. The summed E-state index contributed by atoms with van der Waals surface area (Å²) in [6.45, 7) is 0. The van der Waals surface area contributed by atoms with Crippen LogP contribution in [0.4, 0.5) is 10.1 Å². The molecule has 0 unspecified atom stereocenters. The lowest BCUT2D eigenvalue weighted by Crippen LogP contribution is -2.03. The summed E-state index contributed by atoms with van der Waals surface area (Å²) in [7, 11) is 1.40. The SMILES string of the molecule is COc1ccc(/C=C2/C(=O)Nc3cc(Cl)ccc32)cc1F. The van der Waals surface area contributed by atoms with Crippen LogP contribution in [-0.4, -0.2) is 13.0 Å². The molecule has 1 N–H and O–H groups in total. The lowest BCUT2D eigenvalue weighted by Gasteiger charge is -2.03. The molecule has 2 aromatic carbocycles. The van der Waals surface area contributed by atoms with Crippen molar-refractivity contribution in [3.63, 3.8) is 0 Å². The second-order valence-electron chi connectivity index (χ2n) is 4.60. The Kier molecular flexibility index (Phi) is 3.39. The number of carbonyl (C=O) groups excluding carboxylic acids is 1. The Bertz CT molecular complexity index is 771. The molecule has 1 aliphatic heterocycles. The third kappa shape index (κ3) is 2.50. The molecule has 21 heavy (non-hydrogen) atoms. The molecule has 1 amide bonds. The number of amides is 1. The summed E-state index contributed by atoms with van der Waals surface area (Å²) in [6.07, 6.45) is 1.64. The molecule has 0 bridgehead atoms. The van der Waals surface area contributed by atoms with Crippen molar-refractivity contribution in [3.8, 4) is 5.75 Å². The van der Waals surface area contributed by atoms with E-state index in [1.54, 1.807) is 30.3 Å². The first-order valence-corrected chi connectivity index (χ1v) is 6.63. The van der Waals surface area contributed by atoms with E-state index in [4.69, 9.17) is 16.3 Å². The average Bonchev–Trinajstić information content (AvgIpc) is 2.74. The van der Waals surface area contributed by atoms with E-state index in [-0.39, 0.29) is 11.7 Å². The van der Waals surface area contributed by atoms with E-state index in [9.17, 15) is 9.18 Å². The smallest absolute Gasteiger partial charge is 0.256 e. The van der Waals surface area contributed by atoms with Gasteiger partial charge in [-0.25, -0.2) is 4.39 Å². The summed E-state index contributed by atoms with van der Waals surface area (Å²) in [4.78, 5) is 12.0. The number of hydrogen-bond acceptors (Lipinski definition) is 2. The van der Waals surface area contributed by atoms with Crippen LogP contribution in [0.15, 0.2) is 36.4 Å². The van der Waals surface area contributed by atoms with Gasteiger partial charge in [-0.2, -0.15) is 0 Å². The Hall–Kier alpha value is -2.33. The molecule has 3 rings (SSSR count). The fraction of sp³-hybridized carbons (Fsp3) is 0.0625. The third-order valence-corrected chi connectivity index (χ3v) is 3.49. The molecule has 0 aliphatic carbocycles. The van der Waals surface area contributed by atoms with Crippen molar-refractivity contribution in [3.05, 3.63) is 58.4 Å². The quantitative estimate of drug-likeness (QED) is 0.852.